The summed E-state index contributed by atoms with van der Waals surface area (Å²) in [6.07, 6.45) is 5.33. The zero-order valence-corrected chi connectivity index (χ0v) is 8.08. The Kier molecular flexibility index (Phi) is 3.19. The molecule has 1 aliphatic carbocycles. The Balaban J connectivity index is 2.27. The molecular weight excluding hydrogens is 151 g/mol. The lowest BCUT2D eigenvalue weighted by atomic mass is 9.67. The van der Waals surface area contributed by atoms with E-state index in [2.05, 4.69) is 13.8 Å². The second kappa shape index (κ2) is 3.80. The van der Waals surface area contributed by atoms with E-state index in [-0.39, 0.29) is 0 Å². The topological polar surface area (TPSA) is 40.5 Å². The molecule has 0 saturated heterocycles. The Labute approximate surface area is 75.1 Å². The third-order valence-electron chi connectivity index (χ3n) is 3.00. The van der Waals surface area contributed by atoms with Crippen molar-refractivity contribution in [1.29, 1.82) is 0 Å². The van der Waals surface area contributed by atoms with Gasteiger partial charge in [-0.3, -0.25) is 0 Å². The maximum Gasteiger partial charge on any atom is 0.451 e. The summed E-state index contributed by atoms with van der Waals surface area (Å²) < 4.78 is 0. The summed E-state index contributed by atoms with van der Waals surface area (Å²) in [5.41, 5.74) is 0.483. The van der Waals surface area contributed by atoms with Gasteiger partial charge < -0.3 is 10.0 Å². The van der Waals surface area contributed by atoms with Gasteiger partial charge in [0.15, 0.2) is 0 Å². The molecule has 1 fully saturated rings. The first-order valence-corrected chi connectivity index (χ1v) is 4.86. The summed E-state index contributed by atoms with van der Waals surface area (Å²) in [6, 6.07) is 0. The molecule has 0 aromatic carbocycles. The van der Waals surface area contributed by atoms with Crippen LogP contribution < -0.4 is 0 Å². The summed E-state index contributed by atoms with van der Waals surface area (Å²) in [5.74, 6) is 0.540. The van der Waals surface area contributed by atoms with Gasteiger partial charge in [-0.25, -0.2) is 0 Å². The average molecular weight is 170 g/mol. The predicted molar refractivity (Wildman–Crippen MR) is 50.7 cm³/mol. The molecule has 0 aliphatic heterocycles. The van der Waals surface area contributed by atoms with Crippen molar-refractivity contribution in [2.45, 2.75) is 45.9 Å². The molecule has 3 heteroatoms. The van der Waals surface area contributed by atoms with E-state index in [9.17, 15) is 0 Å². The second-order valence-electron chi connectivity index (χ2n) is 4.82. The SMILES string of the molecule is CC1(C)CCC(CB(O)O)CC1. The largest absolute Gasteiger partial charge is 0.451 e. The normalized spacial score (nSPS) is 24.0. The molecular formula is C9H19BO2. The molecule has 0 aromatic rings. The standard InChI is InChI=1S/C9H19BO2/c1-9(2)5-3-8(4-6-9)7-10(11)12/h8,11-12H,3-7H2,1-2H3. The zero-order chi connectivity index (χ0) is 9.19. The van der Waals surface area contributed by atoms with Gasteiger partial charge in [-0.2, -0.15) is 0 Å². The lowest BCUT2D eigenvalue weighted by Crippen LogP contribution is -2.25. The summed E-state index contributed by atoms with van der Waals surface area (Å²) >= 11 is 0. The predicted octanol–water partition coefficient (Wildman–Crippen LogP) is 1.68. The van der Waals surface area contributed by atoms with Crippen LogP contribution in [0.4, 0.5) is 0 Å². The lowest BCUT2D eigenvalue weighted by Gasteiger charge is -2.34. The molecule has 0 radical (unpaired) electrons. The van der Waals surface area contributed by atoms with Crippen LogP contribution in [0.3, 0.4) is 0 Å². The highest BCUT2D eigenvalue weighted by atomic mass is 16.4. The highest BCUT2D eigenvalue weighted by Crippen LogP contribution is 2.39. The van der Waals surface area contributed by atoms with E-state index in [4.69, 9.17) is 10.0 Å². The molecule has 0 aromatic heterocycles. The van der Waals surface area contributed by atoms with Gasteiger partial charge >= 0.3 is 7.12 Å². The minimum absolute atomic E-state index is 0.483. The number of rotatable bonds is 2. The van der Waals surface area contributed by atoms with Gasteiger partial charge in [-0.05, 0) is 30.5 Å². The fraction of sp³-hybridized carbons (Fsp3) is 1.00. The van der Waals surface area contributed by atoms with Crippen molar-refractivity contribution in [3.8, 4) is 0 Å². The van der Waals surface area contributed by atoms with Crippen LogP contribution in [0, 0.1) is 11.3 Å². The van der Waals surface area contributed by atoms with Crippen LogP contribution in [0.5, 0.6) is 0 Å². The van der Waals surface area contributed by atoms with E-state index in [0.29, 0.717) is 17.7 Å². The first kappa shape index (κ1) is 10.1. The molecule has 1 saturated carbocycles. The molecule has 0 atom stereocenters. The maximum absolute atomic E-state index is 8.79. The minimum Gasteiger partial charge on any atom is -0.427 e. The summed E-state index contributed by atoms with van der Waals surface area (Å²) in [7, 11) is -1.10. The zero-order valence-electron chi connectivity index (χ0n) is 8.08. The Morgan fingerprint density at radius 1 is 1.25 bits per heavy atom. The second-order valence-corrected chi connectivity index (χ2v) is 4.82. The van der Waals surface area contributed by atoms with Crippen molar-refractivity contribution in [2.75, 3.05) is 0 Å². The first-order chi connectivity index (χ1) is 5.49. The Bertz CT molecular complexity index is 135. The maximum atomic E-state index is 8.79. The fourth-order valence-corrected chi connectivity index (χ4v) is 1.99. The lowest BCUT2D eigenvalue weighted by molar-refractivity contribution is 0.195. The van der Waals surface area contributed by atoms with Gasteiger partial charge in [-0.15, -0.1) is 0 Å². The van der Waals surface area contributed by atoms with Crippen molar-refractivity contribution in [1.82, 2.24) is 0 Å². The highest BCUT2D eigenvalue weighted by molar-refractivity contribution is 6.41. The third kappa shape index (κ3) is 3.15. The van der Waals surface area contributed by atoms with Crippen molar-refractivity contribution in [3.05, 3.63) is 0 Å². The van der Waals surface area contributed by atoms with E-state index >= 15 is 0 Å². The van der Waals surface area contributed by atoms with Gasteiger partial charge in [0.2, 0.25) is 0 Å². The molecule has 0 bridgehead atoms. The molecule has 1 aliphatic rings. The van der Waals surface area contributed by atoms with E-state index < -0.39 is 7.12 Å². The molecule has 0 spiro atoms. The van der Waals surface area contributed by atoms with E-state index in [1.54, 1.807) is 0 Å². The monoisotopic (exact) mass is 170 g/mol. The smallest absolute Gasteiger partial charge is 0.427 e. The van der Waals surface area contributed by atoms with Crippen LogP contribution in [-0.2, 0) is 0 Å². The molecule has 0 unspecified atom stereocenters. The van der Waals surface area contributed by atoms with Crippen LogP contribution in [0.15, 0.2) is 0 Å². The Morgan fingerprint density at radius 2 is 1.75 bits per heavy atom. The van der Waals surface area contributed by atoms with Gasteiger partial charge in [0, 0.05) is 0 Å². The molecule has 70 valence electrons. The quantitative estimate of drug-likeness (QED) is 0.619. The van der Waals surface area contributed by atoms with Crippen molar-refractivity contribution in [2.24, 2.45) is 11.3 Å². The molecule has 0 amide bonds. The Hall–Kier alpha value is -0.0151. The van der Waals surface area contributed by atoms with Crippen molar-refractivity contribution < 1.29 is 10.0 Å². The van der Waals surface area contributed by atoms with Crippen molar-refractivity contribution in [3.63, 3.8) is 0 Å². The molecule has 2 nitrogen and oxygen atoms in total. The van der Waals surface area contributed by atoms with Crippen LogP contribution in [-0.4, -0.2) is 17.2 Å². The number of hydrogen-bond acceptors (Lipinski definition) is 2. The highest BCUT2D eigenvalue weighted by Gasteiger charge is 2.28. The van der Waals surface area contributed by atoms with Gasteiger partial charge in [-0.1, -0.05) is 26.7 Å². The minimum atomic E-state index is -1.10. The molecule has 2 N–H and O–H groups in total. The van der Waals surface area contributed by atoms with Crippen LogP contribution in [0.25, 0.3) is 0 Å². The van der Waals surface area contributed by atoms with E-state index in [1.165, 1.54) is 12.8 Å². The summed E-state index contributed by atoms with van der Waals surface area (Å²) in [6.45, 7) is 4.58. The van der Waals surface area contributed by atoms with Crippen molar-refractivity contribution >= 4 is 7.12 Å². The Morgan fingerprint density at radius 3 is 2.17 bits per heavy atom. The van der Waals surface area contributed by atoms with Crippen LogP contribution >= 0.6 is 0 Å². The first-order valence-electron chi connectivity index (χ1n) is 4.86. The molecule has 12 heavy (non-hydrogen) atoms. The fourth-order valence-electron chi connectivity index (χ4n) is 1.99. The summed E-state index contributed by atoms with van der Waals surface area (Å²) in [5, 5.41) is 17.6. The number of hydrogen-bond donors (Lipinski definition) is 2. The van der Waals surface area contributed by atoms with E-state index in [1.807, 2.05) is 0 Å². The molecule has 0 heterocycles. The van der Waals surface area contributed by atoms with Gasteiger partial charge in [0.1, 0.15) is 0 Å². The van der Waals surface area contributed by atoms with Crippen LogP contribution in [0.2, 0.25) is 6.32 Å². The van der Waals surface area contributed by atoms with Gasteiger partial charge in [0.05, 0.1) is 0 Å². The van der Waals surface area contributed by atoms with Gasteiger partial charge in [0.25, 0.3) is 0 Å². The third-order valence-corrected chi connectivity index (χ3v) is 3.00. The van der Waals surface area contributed by atoms with Crippen LogP contribution in [0.1, 0.15) is 39.5 Å². The summed E-state index contributed by atoms with van der Waals surface area (Å²) in [4.78, 5) is 0. The average Bonchev–Trinajstić information content (AvgIpc) is 1.93. The van der Waals surface area contributed by atoms with E-state index in [0.717, 1.165) is 12.8 Å². The molecule has 1 rings (SSSR count).